The predicted molar refractivity (Wildman–Crippen MR) is 121 cm³/mol. The predicted octanol–water partition coefficient (Wildman–Crippen LogP) is 6.90. The average molecular weight is 475 g/mol. The molecule has 26 heavy (non-hydrogen) atoms. The van der Waals surface area contributed by atoms with Crippen LogP contribution in [0.5, 0.6) is 0 Å². The van der Waals surface area contributed by atoms with Crippen LogP contribution in [0.2, 0.25) is 0 Å². The molecule has 0 saturated heterocycles. The van der Waals surface area contributed by atoms with Gasteiger partial charge in [-0.15, -0.1) is 0 Å². The molecule has 0 radical (unpaired) electrons. The minimum Gasteiger partial charge on any atom is -0.353 e. The first kappa shape index (κ1) is 22.5. The largest absolute Gasteiger partial charge is 0.353 e. The Morgan fingerprint density at radius 1 is 0.731 bits per heavy atom. The van der Waals surface area contributed by atoms with Crippen molar-refractivity contribution < 1.29 is 4.79 Å². The van der Waals surface area contributed by atoms with Crippen molar-refractivity contribution in [2.45, 2.75) is 114 Å². The number of nitrogens with one attached hydrogen (secondary N) is 1. The number of hydrogen-bond acceptors (Lipinski definition) is 1. The molecule has 2 rings (SSSR count). The van der Waals surface area contributed by atoms with E-state index in [9.17, 15) is 4.79 Å². The lowest BCUT2D eigenvalue weighted by Gasteiger charge is -2.26. The van der Waals surface area contributed by atoms with Crippen LogP contribution >= 0.6 is 22.6 Å². The molecule has 2 fully saturated rings. The molecule has 0 aromatic rings. The molecule has 0 aliphatic heterocycles. The van der Waals surface area contributed by atoms with E-state index in [2.05, 4.69) is 48.7 Å². The van der Waals surface area contributed by atoms with Crippen molar-refractivity contribution in [3.63, 3.8) is 0 Å². The number of rotatable bonds is 2. The van der Waals surface area contributed by atoms with Crippen LogP contribution in [0.25, 0.3) is 0 Å². The van der Waals surface area contributed by atoms with Crippen LogP contribution in [0.3, 0.4) is 0 Å². The summed E-state index contributed by atoms with van der Waals surface area (Å²) in [4.78, 5) is 13.0. The number of carbonyl (C=O) groups is 1. The fourth-order valence-corrected chi connectivity index (χ4v) is 6.07. The summed E-state index contributed by atoms with van der Waals surface area (Å²) in [7, 11) is 0. The maximum atomic E-state index is 13.0. The summed E-state index contributed by atoms with van der Waals surface area (Å²) in [6.45, 7) is 7.16. The Kier molecular flexibility index (Phi) is 10.3. The first-order chi connectivity index (χ1) is 12.4. The van der Waals surface area contributed by atoms with Gasteiger partial charge in [-0.3, -0.25) is 4.79 Å². The number of halogens is 1. The molecule has 2 nitrogen and oxygen atoms in total. The summed E-state index contributed by atoms with van der Waals surface area (Å²) in [6, 6.07) is 0.414. The highest BCUT2D eigenvalue weighted by atomic mass is 127. The summed E-state index contributed by atoms with van der Waals surface area (Å²) in [5, 5.41) is 3.49. The van der Waals surface area contributed by atoms with E-state index in [1.54, 1.807) is 0 Å². The van der Waals surface area contributed by atoms with Gasteiger partial charge < -0.3 is 5.32 Å². The van der Waals surface area contributed by atoms with Crippen molar-refractivity contribution >= 4 is 28.5 Å². The van der Waals surface area contributed by atoms with Gasteiger partial charge in [-0.2, -0.15) is 0 Å². The lowest BCUT2D eigenvalue weighted by molar-refractivity contribution is -0.126. The van der Waals surface area contributed by atoms with Crippen molar-refractivity contribution in [3.05, 3.63) is 0 Å². The second-order valence-corrected chi connectivity index (χ2v) is 11.4. The van der Waals surface area contributed by atoms with E-state index in [-0.39, 0.29) is 5.92 Å². The number of hydrogen-bond donors (Lipinski definition) is 1. The molecule has 2 saturated carbocycles. The lowest BCUT2D eigenvalue weighted by atomic mass is 9.87. The molecule has 152 valence electrons. The third kappa shape index (κ3) is 8.48. The zero-order valence-electron chi connectivity index (χ0n) is 17.4. The Morgan fingerprint density at radius 2 is 1.27 bits per heavy atom. The van der Waals surface area contributed by atoms with Crippen LogP contribution in [-0.4, -0.2) is 15.9 Å². The fourth-order valence-electron chi connectivity index (χ4n) is 4.76. The summed E-state index contributed by atoms with van der Waals surface area (Å²) in [5.41, 5.74) is 0. The normalized spacial score (nSPS) is 38.5. The Bertz CT molecular complexity index is 399. The van der Waals surface area contributed by atoms with Crippen molar-refractivity contribution in [1.29, 1.82) is 0 Å². The number of amides is 1. The van der Waals surface area contributed by atoms with E-state index >= 15 is 0 Å². The van der Waals surface area contributed by atoms with Gasteiger partial charge in [0.25, 0.3) is 0 Å². The topological polar surface area (TPSA) is 29.1 Å². The Labute approximate surface area is 176 Å². The minimum atomic E-state index is 0.255. The van der Waals surface area contributed by atoms with Crippen molar-refractivity contribution in [3.8, 4) is 0 Å². The molecule has 5 atom stereocenters. The smallest absolute Gasteiger partial charge is 0.223 e. The Hall–Kier alpha value is 0.200. The quantitative estimate of drug-likeness (QED) is 0.342. The molecule has 0 aromatic carbocycles. The van der Waals surface area contributed by atoms with Gasteiger partial charge in [0.15, 0.2) is 0 Å². The van der Waals surface area contributed by atoms with Gasteiger partial charge in [-0.25, -0.2) is 0 Å². The summed E-state index contributed by atoms with van der Waals surface area (Å²) in [6.07, 6.45) is 16.2. The molecule has 0 bridgehead atoms. The first-order valence-electron chi connectivity index (χ1n) is 11.4. The van der Waals surface area contributed by atoms with Gasteiger partial charge in [-0.1, -0.05) is 69.0 Å². The maximum absolute atomic E-state index is 13.0. The van der Waals surface area contributed by atoms with Gasteiger partial charge in [0.1, 0.15) is 0 Å². The van der Waals surface area contributed by atoms with Crippen LogP contribution < -0.4 is 5.32 Å². The van der Waals surface area contributed by atoms with Gasteiger partial charge >= 0.3 is 0 Å². The zero-order valence-corrected chi connectivity index (χ0v) is 19.6. The SMILES string of the molecule is CC1CCC(C)CCC(NC(=O)C2CCCCC(I)CC(C)CC2)CC1. The van der Waals surface area contributed by atoms with Crippen molar-refractivity contribution in [2.24, 2.45) is 23.7 Å². The highest BCUT2D eigenvalue weighted by Gasteiger charge is 2.25. The van der Waals surface area contributed by atoms with E-state index in [0.29, 0.717) is 11.9 Å². The fraction of sp³-hybridized carbons (Fsp3) is 0.957. The van der Waals surface area contributed by atoms with Crippen molar-refractivity contribution in [2.75, 3.05) is 0 Å². The average Bonchev–Trinajstić information content (AvgIpc) is 2.67. The number of carbonyl (C=O) groups excluding carboxylic acids is 1. The van der Waals surface area contributed by atoms with Crippen LogP contribution in [0, 0.1) is 23.7 Å². The summed E-state index contributed by atoms with van der Waals surface area (Å²) < 4.78 is 0.829. The van der Waals surface area contributed by atoms with Crippen LogP contribution in [0.4, 0.5) is 0 Å². The van der Waals surface area contributed by atoms with E-state index in [0.717, 1.165) is 34.5 Å². The van der Waals surface area contributed by atoms with Crippen LogP contribution in [0.1, 0.15) is 104 Å². The molecule has 0 heterocycles. The molecule has 3 heteroatoms. The van der Waals surface area contributed by atoms with E-state index < -0.39 is 0 Å². The molecule has 1 amide bonds. The van der Waals surface area contributed by atoms with Gasteiger partial charge in [0.05, 0.1) is 0 Å². The van der Waals surface area contributed by atoms with Crippen LogP contribution in [0.15, 0.2) is 0 Å². The summed E-state index contributed by atoms with van der Waals surface area (Å²) >= 11 is 2.63. The molecule has 1 N–H and O–H groups in total. The van der Waals surface area contributed by atoms with Gasteiger partial charge in [0, 0.05) is 15.9 Å². The lowest BCUT2D eigenvalue weighted by Crippen LogP contribution is -2.39. The Morgan fingerprint density at radius 3 is 1.92 bits per heavy atom. The highest BCUT2D eigenvalue weighted by Crippen LogP contribution is 2.29. The highest BCUT2D eigenvalue weighted by molar-refractivity contribution is 14.1. The molecular formula is C23H42INO. The molecule has 5 unspecified atom stereocenters. The van der Waals surface area contributed by atoms with E-state index in [1.807, 2.05) is 0 Å². The van der Waals surface area contributed by atoms with Crippen LogP contribution in [-0.2, 0) is 4.79 Å². The second kappa shape index (κ2) is 11.9. The monoisotopic (exact) mass is 475 g/mol. The molecule has 2 aliphatic carbocycles. The molecule has 0 spiro atoms. The van der Waals surface area contributed by atoms with Gasteiger partial charge in [-0.05, 0) is 75.5 Å². The van der Waals surface area contributed by atoms with E-state index in [4.69, 9.17) is 0 Å². The van der Waals surface area contributed by atoms with E-state index in [1.165, 1.54) is 70.6 Å². The van der Waals surface area contributed by atoms with Gasteiger partial charge in [0.2, 0.25) is 5.91 Å². The number of alkyl halides is 1. The maximum Gasteiger partial charge on any atom is 0.223 e. The standard InChI is InChI=1S/C23H42INO/c1-17-8-9-18(2)12-15-22(14-11-17)25-23(26)20-6-4-5-7-21(24)16-19(3)10-13-20/h17-22H,4-16H2,1-3H3,(H,25,26). The zero-order chi connectivity index (χ0) is 18.9. The van der Waals surface area contributed by atoms with Crippen molar-refractivity contribution in [1.82, 2.24) is 5.32 Å². The summed E-state index contributed by atoms with van der Waals surface area (Å²) in [5.74, 6) is 3.01. The molecule has 2 aliphatic rings. The molecular weight excluding hydrogens is 433 g/mol. The Balaban J connectivity index is 1.88. The first-order valence-corrected chi connectivity index (χ1v) is 12.6. The second-order valence-electron chi connectivity index (χ2n) is 9.64. The third-order valence-electron chi connectivity index (χ3n) is 6.87. The molecule has 0 aromatic heterocycles. The minimum absolute atomic E-state index is 0.255. The third-order valence-corrected chi connectivity index (χ3v) is 8.00.